The zero-order valence-electron chi connectivity index (χ0n) is 8.80. The molecule has 0 radical (unpaired) electrons. The van der Waals surface area contributed by atoms with Crippen molar-refractivity contribution < 1.29 is 23.9 Å². The topological polar surface area (TPSA) is 99.9 Å². The molecule has 1 aromatic rings. The van der Waals surface area contributed by atoms with Crippen molar-refractivity contribution in [1.29, 1.82) is 0 Å². The molecule has 0 spiro atoms. The van der Waals surface area contributed by atoms with Crippen LogP contribution in [0.4, 0.5) is 0 Å². The van der Waals surface area contributed by atoms with Gasteiger partial charge >= 0.3 is 5.97 Å². The summed E-state index contributed by atoms with van der Waals surface area (Å²) in [7, 11) is 0. The first kappa shape index (κ1) is 11.2. The van der Waals surface area contributed by atoms with E-state index in [1.165, 1.54) is 17.0 Å². The highest BCUT2D eigenvalue weighted by molar-refractivity contribution is 5.96. The van der Waals surface area contributed by atoms with Crippen molar-refractivity contribution in [3.63, 3.8) is 0 Å². The average molecular weight is 238 g/mol. The van der Waals surface area contributed by atoms with Crippen LogP contribution in [0.25, 0.3) is 0 Å². The Morgan fingerprint density at radius 2 is 2.06 bits per heavy atom. The third kappa shape index (κ3) is 2.27. The molecule has 7 heteroatoms. The van der Waals surface area contributed by atoms with E-state index in [2.05, 4.69) is 5.32 Å². The summed E-state index contributed by atoms with van der Waals surface area (Å²) in [6.45, 7) is 0.729. The van der Waals surface area contributed by atoms with Crippen molar-refractivity contribution in [3.05, 3.63) is 23.7 Å². The molecule has 0 saturated carbocycles. The fourth-order valence-electron chi connectivity index (χ4n) is 1.54. The lowest BCUT2D eigenvalue weighted by Gasteiger charge is -2.25. The molecule has 90 valence electrons. The molecule has 2 N–H and O–H groups in total. The van der Waals surface area contributed by atoms with Crippen molar-refractivity contribution in [2.75, 3.05) is 19.6 Å². The maximum atomic E-state index is 11.8. The van der Waals surface area contributed by atoms with Crippen LogP contribution in [0, 0.1) is 0 Å². The van der Waals surface area contributed by atoms with E-state index >= 15 is 0 Å². The van der Waals surface area contributed by atoms with Crippen molar-refractivity contribution in [1.82, 2.24) is 10.2 Å². The lowest BCUT2D eigenvalue weighted by Crippen LogP contribution is -2.49. The third-order valence-corrected chi connectivity index (χ3v) is 2.35. The number of hydrogen-bond acceptors (Lipinski definition) is 4. The monoisotopic (exact) mass is 238 g/mol. The fourth-order valence-corrected chi connectivity index (χ4v) is 1.54. The number of carboxylic acids is 1. The number of piperazine rings is 1. The zero-order valence-corrected chi connectivity index (χ0v) is 8.80. The first-order valence-corrected chi connectivity index (χ1v) is 4.97. The number of carboxylic acid groups (broad SMARTS) is 1. The Bertz CT molecular complexity index is 479. The SMILES string of the molecule is O=C1CN(C(=O)c2ccc(C(=O)O)o2)CCN1. The van der Waals surface area contributed by atoms with Gasteiger partial charge in [0.25, 0.3) is 5.91 Å². The van der Waals surface area contributed by atoms with E-state index in [-0.39, 0.29) is 24.0 Å². The summed E-state index contributed by atoms with van der Waals surface area (Å²) in [5.41, 5.74) is 0. The molecule has 1 aliphatic rings. The largest absolute Gasteiger partial charge is 0.475 e. The fraction of sp³-hybridized carbons (Fsp3) is 0.300. The maximum Gasteiger partial charge on any atom is 0.371 e. The van der Waals surface area contributed by atoms with Crippen molar-refractivity contribution >= 4 is 17.8 Å². The van der Waals surface area contributed by atoms with E-state index in [1.807, 2.05) is 0 Å². The molecular formula is C10H10N2O5. The average Bonchev–Trinajstić information content (AvgIpc) is 2.77. The second-order valence-corrected chi connectivity index (χ2v) is 3.55. The van der Waals surface area contributed by atoms with Crippen LogP contribution in [0.15, 0.2) is 16.5 Å². The quantitative estimate of drug-likeness (QED) is 0.726. The summed E-state index contributed by atoms with van der Waals surface area (Å²) >= 11 is 0. The number of nitrogens with zero attached hydrogens (tertiary/aromatic N) is 1. The smallest absolute Gasteiger partial charge is 0.371 e. The zero-order chi connectivity index (χ0) is 12.4. The van der Waals surface area contributed by atoms with Gasteiger partial charge in [0.15, 0.2) is 5.76 Å². The van der Waals surface area contributed by atoms with Crippen LogP contribution in [0.5, 0.6) is 0 Å². The van der Waals surface area contributed by atoms with Gasteiger partial charge in [-0.25, -0.2) is 4.79 Å². The Hall–Kier alpha value is -2.31. The second kappa shape index (κ2) is 4.28. The van der Waals surface area contributed by atoms with Gasteiger partial charge in [0.05, 0.1) is 0 Å². The molecule has 1 aliphatic heterocycles. The molecule has 0 aliphatic carbocycles. The van der Waals surface area contributed by atoms with Crippen LogP contribution in [0.2, 0.25) is 0 Å². The predicted octanol–water partition coefficient (Wildman–Crippen LogP) is -0.450. The summed E-state index contributed by atoms with van der Waals surface area (Å²) in [5.74, 6) is -2.32. The number of amides is 2. The highest BCUT2D eigenvalue weighted by atomic mass is 16.4. The molecule has 17 heavy (non-hydrogen) atoms. The summed E-state index contributed by atoms with van der Waals surface area (Å²) in [5, 5.41) is 11.2. The summed E-state index contributed by atoms with van der Waals surface area (Å²) in [6, 6.07) is 2.50. The minimum Gasteiger partial charge on any atom is -0.475 e. The van der Waals surface area contributed by atoms with Gasteiger partial charge in [-0.15, -0.1) is 0 Å². The van der Waals surface area contributed by atoms with Gasteiger partial charge in [-0.3, -0.25) is 9.59 Å². The Morgan fingerprint density at radius 3 is 2.65 bits per heavy atom. The first-order chi connectivity index (χ1) is 8.08. The number of hydrogen-bond donors (Lipinski definition) is 2. The summed E-state index contributed by atoms with van der Waals surface area (Å²) in [4.78, 5) is 34.8. The minimum absolute atomic E-state index is 0.0397. The van der Waals surface area contributed by atoms with Crippen molar-refractivity contribution in [2.45, 2.75) is 0 Å². The molecule has 2 amide bonds. The van der Waals surface area contributed by atoms with Crippen LogP contribution in [-0.4, -0.2) is 47.4 Å². The molecule has 1 aromatic heterocycles. The maximum absolute atomic E-state index is 11.8. The Kier molecular flexibility index (Phi) is 2.82. The van der Waals surface area contributed by atoms with Crippen LogP contribution in [0.3, 0.4) is 0 Å². The van der Waals surface area contributed by atoms with Gasteiger partial charge in [0, 0.05) is 13.1 Å². The highest BCUT2D eigenvalue weighted by Crippen LogP contribution is 2.11. The predicted molar refractivity (Wildman–Crippen MR) is 54.6 cm³/mol. The molecule has 2 heterocycles. The van der Waals surface area contributed by atoms with E-state index in [0.29, 0.717) is 13.1 Å². The van der Waals surface area contributed by atoms with Gasteiger partial charge in [-0.1, -0.05) is 0 Å². The van der Waals surface area contributed by atoms with E-state index in [1.54, 1.807) is 0 Å². The minimum atomic E-state index is -1.24. The Labute approximate surface area is 96.0 Å². The van der Waals surface area contributed by atoms with Gasteiger partial charge in [0.1, 0.15) is 6.54 Å². The van der Waals surface area contributed by atoms with Crippen molar-refractivity contribution in [3.8, 4) is 0 Å². The molecule has 1 saturated heterocycles. The lowest BCUT2D eigenvalue weighted by molar-refractivity contribution is -0.123. The Morgan fingerprint density at radius 1 is 1.35 bits per heavy atom. The van der Waals surface area contributed by atoms with Gasteiger partial charge < -0.3 is 19.7 Å². The number of aromatic carboxylic acids is 1. The standard InChI is InChI=1S/C10H10N2O5/c13-8-5-12(4-3-11-8)9(14)6-1-2-7(17-6)10(15)16/h1-2H,3-5H2,(H,11,13)(H,15,16). The van der Waals surface area contributed by atoms with E-state index in [0.717, 1.165) is 0 Å². The van der Waals surface area contributed by atoms with Gasteiger partial charge in [-0.2, -0.15) is 0 Å². The second-order valence-electron chi connectivity index (χ2n) is 3.55. The molecule has 0 aromatic carbocycles. The summed E-state index contributed by atoms with van der Waals surface area (Å²) in [6.07, 6.45) is 0. The molecule has 0 atom stereocenters. The van der Waals surface area contributed by atoms with Crippen LogP contribution in [-0.2, 0) is 4.79 Å². The van der Waals surface area contributed by atoms with Gasteiger partial charge in [-0.05, 0) is 12.1 Å². The molecule has 2 rings (SSSR count). The normalized spacial score (nSPS) is 15.5. The van der Waals surface area contributed by atoms with Gasteiger partial charge in [0.2, 0.25) is 11.7 Å². The van der Waals surface area contributed by atoms with Crippen LogP contribution < -0.4 is 5.32 Å². The molecule has 7 nitrogen and oxygen atoms in total. The molecular weight excluding hydrogens is 228 g/mol. The molecule has 0 bridgehead atoms. The lowest BCUT2D eigenvalue weighted by atomic mass is 10.3. The highest BCUT2D eigenvalue weighted by Gasteiger charge is 2.25. The summed E-state index contributed by atoms with van der Waals surface area (Å²) < 4.78 is 4.87. The molecule has 0 unspecified atom stereocenters. The van der Waals surface area contributed by atoms with Crippen LogP contribution in [0.1, 0.15) is 21.1 Å². The number of rotatable bonds is 2. The Balaban J connectivity index is 2.13. The van der Waals surface area contributed by atoms with Crippen LogP contribution >= 0.6 is 0 Å². The van der Waals surface area contributed by atoms with E-state index in [4.69, 9.17) is 9.52 Å². The van der Waals surface area contributed by atoms with Crippen molar-refractivity contribution in [2.24, 2.45) is 0 Å². The number of carbonyl (C=O) groups is 3. The van der Waals surface area contributed by atoms with E-state index in [9.17, 15) is 14.4 Å². The van der Waals surface area contributed by atoms with E-state index < -0.39 is 11.9 Å². The number of nitrogens with one attached hydrogen (secondary N) is 1. The first-order valence-electron chi connectivity index (χ1n) is 4.97. The third-order valence-electron chi connectivity index (χ3n) is 2.35. The number of carbonyl (C=O) groups excluding carboxylic acids is 2. The molecule has 1 fully saturated rings. The number of furan rings is 1.